The lowest BCUT2D eigenvalue weighted by Crippen LogP contribution is -2.51. The number of hydrogen-bond donors (Lipinski definition) is 0. The molecule has 0 unspecified atom stereocenters. The van der Waals surface area contributed by atoms with E-state index < -0.39 is 10.0 Å². The van der Waals surface area contributed by atoms with Gasteiger partial charge in [0.15, 0.2) is 0 Å². The van der Waals surface area contributed by atoms with Gasteiger partial charge < -0.3 is 9.47 Å². The van der Waals surface area contributed by atoms with Crippen molar-refractivity contribution in [2.45, 2.75) is 31.2 Å². The van der Waals surface area contributed by atoms with Gasteiger partial charge in [0.05, 0.1) is 11.4 Å². The number of sulfonamides is 1. The number of amides is 1. The summed E-state index contributed by atoms with van der Waals surface area (Å²) in [6.07, 6.45) is 1.67. The average Bonchev–Trinajstić information content (AvgIpc) is 2.85. The SMILES string of the molecule is CC(C)c1ccc(S(=O)(=O)N2CCN(C(=O)c3cccn(Cc4ccccc4)c3=O)CC2)cc1. The molecule has 1 aliphatic rings. The number of piperazine rings is 1. The monoisotopic (exact) mass is 479 g/mol. The Hall–Kier alpha value is -3.23. The smallest absolute Gasteiger partial charge is 0.263 e. The van der Waals surface area contributed by atoms with Crippen molar-refractivity contribution in [3.8, 4) is 0 Å². The Bertz CT molecular complexity index is 1310. The fourth-order valence-electron chi connectivity index (χ4n) is 4.08. The van der Waals surface area contributed by atoms with Crippen LogP contribution >= 0.6 is 0 Å². The van der Waals surface area contributed by atoms with Gasteiger partial charge in [-0.25, -0.2) is 8.42 Å². The Balaban J connectivity index is 1.45. The molecule has 0 saturated carbocycles. The quantitative estimate of drug-likeness (QED) is 0.544. The summed E-state index contributed by atoms with van der Waals surface area (Å²) in [6.45, 7) is 5.33. The second kappa shape index (κ2) is 9.95. The summed E-state index contributed by atoms with van der Waals surface area (Å²) in [5, 5.41) is 0. The average molecular weight is 480 g/mol. The molecule has 1 amide bonds. The summed E-state index contributed by atoms with van der Waals surface area (Å²) in [4.78, 5) is 27.9. The van der Waals surface area contributed by atoms with E-state index in [1.165, 1.54) is 14.9 Å². The molecule has 8 heteroatoms. The molecule has 2 heterocycles. The van der Waals surface area contributed by atoms with Crippen LogP contribution in [0.15, 0.2) is 82.6 Å². The zero-order chi connectivity index (χ0) is 24.3. The van der Waals surface area contributed by atoms with Gasteiger partial charge in [0.25, 0.3) is 11.5 Å². The highest BCUT2D eigenvalue weighted by atomic mass is 32.2. The zero-order valence-electron chi connectivity index (χ0n) is 19.4. The van der Waals surface area contributed by atoms with Gasteiger partial charge in [-0.15, -0.1) is 0 Å². The number of carbonyl (C=O) groups excluding carboxylic acids is 1. The van der Waals surface area contributed by atoms with Crippen LogP contribution in [0.1, 0.15) is 41.3 Å². The van der Waals surface area contributed by atoms with Crippen molar-refractivity contribution in [3.05, 3.63) is 100.0 Å². The van der Waals surface area contributed by atoms with Gasteiger partial charge in [0, 0.05) is 32.4 Å². The van der Waals surface area contributed by atoms with Crippen LogP contribution in [0.25, 0.3) is 0 Å². The van der Waals surface area contributed by atoms with Crippen LogP contribution in [-0.4, -0.2) is 54.3 Å². The molecule has 4 rings (SSSR count). The third-order valence-electron chi connectivity index (χ3n) is 6.16. The van der Waals surface area contributed by atoms with E-state index in [1.54, 1.807) is 29.3 Å². The van der Waals surface area contributed by atoms with Gasteiger partial charge in [-0.1, -0.05) is 56.3 Å². The van der Waals surface area contributed by atoms with E-state index in [0.29, 0.717) is 12.5 Å². The molecule has 0 bridgehead atoms. The fourth-order valence-corrected chi connectivity index (χ4v) is 5.50. The molecule has 1 fully saturated rings. The molecule has 34 heavy (non-hydrogen) atoms. The molecule has 0 aliphatic carbocycles. The third kappa shape index (κ3) is 4.98. The summed E-state index contributed by atoms with van der Waals surface area (Å²) in [5.74, 6) is -0.0488. The van der Waals surface area contributed by atoms with E-state index in [2.05, 4.69) is 13.8 Å². The molecule has 0 spiro atoms. The Morgan fingerprint density at radius 3 is 2.15 bits per heavy atom. The lowest BCUT2D eigenvalue weighted by atomic mass is 10.0. The molecule has 1 aliphatic heterocycles. The van der Waals surface area contributed by atoms with Crippen LogP contribution in [-0.2, 0) is 16.6 Å². The van der Waals surface area contributed by atoms with E-state index in [4.69, 9.17) is 0 Å². The topological polar surface area (TPSA) is 79.7 Å². The summed E-state index contributed by atoms with van der Waals surface area (Å²) < 4.78 is 29.0. The van der Waals surface area contributed by atoms with Crippen molar-refractivity contribution < 1.29 is 13.2 Å². The molecule has 178 valence electrons. The lowest BCUT2D eigenvalue weighted by Gasteiger charge is -2.34. The third-order valence-corrected chi connectivity index (χ3v) is 8.07. The number of nitrogens with zero attached hydrogens (tertiary/aromatic N) is 3. The van der Waals surface area contributed by atoms with Crippen LogP contribution in [0.3, 0.4) is 0 Å². The number of carbonyl (C=O) groups is 1. The van der Waals surface area contributed by atoms with Crippen molar-refractivity contribution in [2.24, 2.45) is 0 Å². The predicted octanol–water partition coefficient (Wildman–Crippen LogP) is 3.17. The molecule has 1 saturated heterocycles. The highest BCUT2D eigenvalue weighted by Gasteiger charge is 2.31. The second-order valence-electron chi connectivity index (χ2n) is 8.76. The maximum Gasteiger partial charge on any atom is 0.263 e. The second-order valence-corrected chi connectivity index (χ2v) is 10.7. The molecule has 1 aromatic heterocycles. The molecule has 2 aromatic carbocycles. The number of pyridine rings is 1. The molecule has 3 aromatic rings. The fraction of sp³-hybridized carbons (Fsp3) is 0.308. The minimum Gasteiger partial charge on any atom is -0.336 e. The first-order valence-electron chi connectivity index (χ1n) is 11.4. The van der Waals surface area contributed by atoms with Crippen LogP contribution < -0.4 is 5.56 Å². The Kier molecular flexibility index (Phi) is 7.00. The molecule has 0 N–H and O–H groups in total. The molecular weight excluding hydrogens is 450 g/mol. The number of rotatable bonds is 6. The van der Waals surface area contributed by atoms with E-state index in [9.17, 15) is 18.0 Å². The van der Waals surface area contributed by atoms with Crippen LogP contribution in [0.5, 0.6) is 0 Å². The Morgan fingerprint density at radius 1 is 0.882 bits per heavy atom. The van der Waals surface area contributed by atoms with Gasteiger partial charge in [0.1, 0.15) is 5.56 Å². The highest BCUT2D eigenvalue weighted by molar-refractivity contribution is 7.89. The lowest BCUT2D eigenvalue weighted by molar-refractivity contribution is 0.0695. The van der Waals surface area contributed by atoms with Crippen molar-refractivity contribution in [3.63, 3.8) is 0 Å². The highest BCUT2D eigenvalue weighted by Crippen LogP contribution is 2.21. The Morgan fingerprint density at radius 2 is 1.53 bits per heavy atom. The standard InChI is InChI=1S/C26H29N3O4S/c1-20(2)22-10-12-23(13-11-22)34(32,33)29-17-15-27(16-18-29)25(30)24-9-6-14-28(26(24)31)19-21-7-4-3-5-8-21/h3-14,20H,15-19H2,1-2H3. The minimum atomic E-state index is -3.64. The summed E-state index contributed by atoms with van der Waals surface area (Å²) in [5.41, 5.74) is 1.79. The van der Waals surface area contributed by atoms with E-state index >= 15 is 0 Å². The predicted molar refractivity (Wildman–Crippen MR) is 131 cm³/mol. The van der Waals surface area contributed by atoms with Gasteiger partial charge in [-0.05, 0) is 41.3 Å². The first-order valence-corrected chi connectivity index (χ1v) is 12.8. The minimum absolute atomic E-state index is 0.0963. The molecule has 0 radical (unpaired) electrons. The van der Waals surface area contributed by atoms with Gasteiger partial charge >= 0.3 is 0 Å². The first-order chi connectivity index (χ1) is 16.3. The summed E-state index contributed by atoms with van der Waals surface area (Å²) >= 11 is 0. The van der Waals surface area contributed by atoms with Crippen molar-refractivity contribution in [2.75, 3.05) is 26.2 Å². The molecular formula is C26H29N3O4S. The largest absolute Gasteiger partial charge is 0.336 e. The van der Waals surface area contributed by atoms with Gasteiger partial charge in [0.2, 0.25) is 10.0 Å². The van der Waals surface area contributed by atoms with Crippen molar-refractivity contribution >= 4 is 15.9 Å². The molecule has 7 nitrogen and oxygen atoms in total. The summed E-state index contributed by atoms with van der Waals surface area (Å²) in [6, 6.07) is 19.8. The van der Waals surface area contributed by atoms with E-state index in [1.807, 2.05) is 42.5 Å². The van der Waals surface area contributed by atoms with Crippen molar-refractivity contribution in [1.29, 1.82) is 0 Å². The number of hydrogen-bond acceptors (Lipinski definition) is 4. The first kappa shape index (κ1) is 23.9. The van der Waals surface area contributed by atoms with E-state index in [-0.39, 0.29) is 48.1 Å². The maximum absolute atomic E-state index is 13.1. The maximum atomic E-state index is 13.1. The Labute approximate surface area is 200 Å². The normalized spacial score (nSPS) is 15.0. The number of aromatic nitrogens is 1. The van der Waals surface area contributed by atoms with Crippen LogP contribution in [0, 0.1) is 0 Å². The zero-order valence-corrected chi connectivity index (χ0v) is 20.2. The van der Waals surface area contributed by atoms with Crippen molar-refractivity contribution in [1.82, 2.24) is 13.8 Å². The van der Waals surface area contributed by atoms with Gasteiger partial charge in [-0.3, -0.25) is 9.59 Å². The van der Waals surface area contributed by atoms with Gasteiger partial charge in [-0.2, -0.15) is 4.31 Å². The van der Waals surface area contributed by atoms with E-state index in [0.717, 1.165) is 11.1 Å². The number of benzene rings is 2. The summed E-state index contributed by atoms with van der Waals surface area (Å²) in [7, 11) is -3.64. The van der Waals surface area contributed by atoms with Crippen LogP contribution in [0.2, 0.25) is 0 Å². The van der Waals surface area contributed by atoms with Crippen LogP contribution in [0.4, 0.5) is 0 Å². The molecule has 0 atom stereocenters.